The van der Waals surface area contributed by atoms with Gasteiger partial charge in [0.15, 0.2) is 0 Å². The van der Waals surface area contributed by atoms with Crippen LogP contribution in [0.25, 0.3) is 11.1 Å². The van der Waals surface area contributed by atoms with Crippen LogP contribution in [0.4, 0.5) is 14.4 Å². The van der Waals surface area contributed by atoms with E-state index in [0.717, 1.165) is 64.2 Å². The molecule has 1 saturated carbocycles. The zero-order chi connectivity index (χ0) is 39.8. The standard InChI is InChI=1S/C38H47N9O9/c1-39-34(51)24-14-12-23(13-15-24)20-40-36(53)43-41-21-25(19-33(49)50)42-35(52)31-11-6-17-46-32(48)16-18-45(38(55)47(31)46)44-37(54)56-22-30-28-9-4-2-7-26(28)27-8-3-5-10-29(27)30/h2-5,7-10,21,23-25,30-31H,6,11-20,22H2,1H3,(H,39,51)(H,42,52)(H,44,54)(H,49,50)(H2,40,43,53)/b41-21+/t23?,24?,25-,31-/m0/s1. The Morgan fingerprint density at radius 2 is 1.61 bits per heavy atom. The number of benzene rings is 2. The first-order chi connectivity index (χ1) is 27.0. The van der Waals surface area contributed by atoms with Gasteiger partial charge in [-0.1, -0.05) is 48.5 Å². The first-order valence-electron chi connectivity index (χ1n) is 18.9. The summed E-state index contributed by atoms with van der Waals surface area (Å²) in [6.07, 6.45) is 2.96. The molecule has 0 spiro atoms. The summed E-state index contributed by atoms with van der Waals surface area (Å²) in [6.45, 7) is 0.335. The van der Waals surface area contributed by atoms with E-state index in [1.165, 1.54) is 5.01 Å². The molecule has 2 aromatic rings. The smallest absolute Gasteiger partial charge is 0.426 e. The molecule has 2 aromatic carbocycles. The summed E-state index contributed by atoms with van der Waals surface area (Å²) >= 11 is 0. The number of nitrogens with one attached hydrogen (secondary N) is 5. The zero-order valence-electron chi connectivity index (χ0n) is 31.1. The molecule has 0 unspecified atom stereocenters. The van der Waals surface area contributed by atoms with Crippen LogP contribution in [0.15, 0.2) is 53.6 Å². The summed E-state index contributed by atoms with van der Waals surface area (Å²) < 4.78 is 5.62. The van der Waals surface area contributed by atoms with Crippen molar-refractivity contribution in [3.05, 3.63) is 59.7 Å². The van der Waals surface area contributed by atoms with Crippen LogP contribution >= 0.6 is 0 Å². The molecule has 0 radical (unpaired) electrons. The third-order valence-corrected chi connectivity index (χ3v) is 10.7. The van der Waals surface area contributed by atoms with Gasteiger partial charge in [0.2, 0.25) is 17.7 Å². The third kappa shape index (κ3) is 9.18. The van der Waals surface area contributed by atoms with Crippen LogP contribution in [-0.4, -0.2) is 114 Å². The Hall–Kier alpha value is -6.20. The second-order valence-electron chi connectivity index (χ2n) is 14.3. The largest absolute Gasteiger partial charge is 0.481 e. The Labute approximate surface area is 323 Å². The lowest BCUT2D eigenvalue weighted by Gasteiger charge is -2.42. The van der Waals surface area contributed by atoms with Crippen LogP contribution < -0.4 is 26.8 Å². The fraction of sp³-hybridized carbons (Fsp3) is 0.474. The Kier molecular flexibility index (Phi) is 12.7. The molecule has 298 valence electrons. The number of nitrogens with zero attached hydrogens (tertiary/aromatic N) is 4. The van der Waals surface area contributed by atoms with Crippen LogP contribution in [0, 0.1) is 11.8 Å². The number of fused-ring (bicyclic) bond motifs is 4. The van der Waals surface area contributed by atoms with Gasteiger partial charge in [0.25, 0.3) is 0 Å². The van der Waals surface area contributed by atoms with Crippen molar-refractivity contribution in [3.8, 4) is 11.1 Å². The van der Waals surface area contributed by atoms with Crippen molar-refractivity contribution in [3.63, 3.8) is 0 Å². The van der Waals surface area contributed by atoms with Crippen LogP contribution in [-0.2, 0) is 23.9 Å². The fourth-order valence-electron chi connectivity index (χ4n) is 7.86. The minimum Gasteiger partial charge on any atom is -0.481 e. The number of rotatable bonds is 12. The van der Waals surface area contributed by atoms with E-state index in [1.54, 1.807) is 7.05 Å². The minimum atomic E-state index is -1.26. The number of hydrogen-bond donors (Lipinski definition) is 6. The van der Waals surface area contributed by atoms with Crippen molar-refractivity contribution < 1.29 is 43.4 Å². The fourth-order valence-corrected chi connectivity index (χ4v) is 7.86. The number of carbonyl (C=O) groups is 7. The molecule has 8 amide bonds. The molecule has 18 nitrogen and oxygen atoms in total. The number of aliphatic carboxylic acids is 1. The number of hydrogen-bond acceptors (Lipinski definition) is 9. The normalized spacial score (nSPS) is 21.2. The van der Waals surface area contributed by atoms with E-state index in [1.807, 2.05) is 48.5 Å². The zero-order valence-corrected chi connectivity index (χ0v) is 31.1. The Balaban J connectivity index is 1.04. The van der Waals surface area contributed by atoms with Gasteiger partial charge in [0.05, 0.1) is 19.0 Å². The van der Waals surface area contributed by atoms with Gasteiger partial charge in [-0.25, -0.2) is 40.3 Å². The molecule has 18 heteroatoms. The number of carboxylic acids is 1. The van der Waals surface area contributed by atoms with E-state index in [-0.39, 0.29) is 56.2 Å². The summed E-state index contributed by atoms with van der Waals surface area (Å²) in [5, 5.41) is 24.4. The van der Waals surface area contributed by atoms with Crippen LogP contribution in [0.2, 0.25) is 0 Å². The molecule has 6 N–H and O–H groups in total. The van der Waals surface area contributed by atoms with Gasteiger partial charge >= 0.3 is 24.1 Å². The van der Waals surface area contributed by atoms with E-state index in [2.05, 4.69) is 31.9 Å². The van der Waals surface area contributed by atoms with Crippen molar-refractivity contribution in [1.82, 2.24) is 41.8 Å². The van der Waals surface area contributed by atoms with E-state index in [4.69, 9.17) is 4.74 Å². The van der Waals surface area contributed by atoms with Gasteiger partial charge < -0.3 is 25.8 Å². The molecule has 0 aromatic heterocycles. The van der Waals surface area contributed by atoms with Gasteiger partial charge in [0, 0.05) is 44.6 Å². The number of carboxylic acid groups (broad SMARTS) is 1. The van der Waals surface area contributed by atoms with Crippen molar-refractivity contribution >= 4 is 48.1 Å². The highest BCUT2D eigenvalue weighted by Gasteiger charge is 2.44. The molecular weight excluding hydrogens is 726 g/mol. The molecule has 0 bridgehead atoms. The van der Waals surface area contributed by atoms with Crippen LogP contribution in [0.5, 0.6) is 0 Å². The van der Waals surface area contributed by atoms with Gasteiger partial charge in [-0.3, -0.25) is 19.2 Å². The molecular formula is C38H47N9O9. The van der Waals surface area contributed by atoms with Gasteiger partial charge in [-0.15, -0.1) is 0 Å². The van der Waals surface area contributed by atoms with Crippen molar-refractivity contribution in [2.75, 3.05) is 33.3 Å². The highest BCUT2D eigenvalue weighted by Crippen LogP contribution is 2.44. The second kappa shape index (κ2) is 18.0. The van der Waals surface area contributed by atoms with Crippen molar-refractivity contribution in [2.24, 2.45) is 16.9 Å². The summed E-state index contributed by atoms with van der Waals surface area (Å²) in [7, 11) is 1.61. The molecule has 2 heterocycles. The lowest BCUT2D eigenvalue weighted by molar-refractivity contribution is -0.155. The van der Waals surface area contributed by atoms with Crippen LogP contribution in [0.1, 0.15) is 68.4 Å². The number of hydrazine groups is 2. The average molecular weight is 774 g/mol. The quantitative estimate of drug-likeness (QED) is 0.137. The highest BCUT2D eigenvalue weighted by molar-refractivity contribution is 5.93. The maximum Gasteiger partial charge on any atom is 0.426 e. The van der Waals surface area contributed by atoms with E-state index < -0.39 is 54.4 Å². The number of ether oxygens (including phenoxy) is 1. The number of hydrazone groups is 1. The monoisotopic (exact) mass is 773 g/mol. The summed E-state index contributed by atoms with van der Waals surface area (Å²) in [6, 6.07) is 11.8. The summed E-state index contributed by atoms with van der Waals surface area (Å²) in [5.41, 5.74) is 8.85. The topological polar surface area (TPSA) is 231 Å². The summed E-state index contributed by atoms with van der Waals surface area (Å²) in [4.78, 5) is 89.9. The lowest BCUT2D eigenvalue weighted by atomic mass is 9.81. The Morgan fingerprint density at radius 3 is 2.27 bits per heavy atom. The maximum atomic E-state index is 13.9. The number of urea groups is 2. The van der Waals surface area contributed by atoms with Crippen molar-refractivity contribution in [1.29, 1.82) is 0 Å². The van der Waals surface area contributed by atoms with Gasteiger partial charge in [0.1, 0.15) is 12.6 Å². The van der Waals surface area contributed by atoms with E-state index in [9.17, 15) is 38.7 Å². The Bertz CT molecular complexity index is 1820. The maximum absolute atomic E-state index is 13.9. The predicted molar refractivity (Wildman–Crippen MR) is 200 cm³/mol. The predicted octanol–water partition coefficient (Wildman–Crippen LogP) is 2.27. The molecule has 2 aliphatic heterocycles. The summed E-state index contributed by atoms with van der Waals surface area (Å²) in [5.74, 6) is -2.50. The van der Waals surface area contributed by atoms with Crippen LogP contribution in [0.3, 0.4) is 0 Å². The molecule has 56 heavy (non-hydrogen) atoms. The van der Waals surface area contributed by atoms with Crippen molar-refractivity contribution in [2.45, 2.75) is 69.4 Å². The third-order valence-electron chi connectivity index (χ3n) is 10.7. The lowest BCUT2D eigenvalue weighted by Crippen LogP contribution is -2.64. The van der Waals surface area contributed by atoms with E-state index >= 15 is 0 Å². The highest BCUT2D eigenvalue weighted by atomic mass is 16.6. The molecule has 2 saturated heterocycles. The minimum absolute atomic E-state index is 0.00792. The van der Waals surface area contributed by atoms with Gasteiger partial charge in [-0.05, 0) is 66.7 Å². The molecule has 4 aliphatic rings. The van der Waals surface area contributed by atoms with Gasteiger partial charge in [-0.2, -0.15) is 5.10 Å². The van der Waals surface area contributed by atoms with E-state index in [0.29, 0.717) is 13.0 Å². The first-order valence-corrected chi connectivity index (χ1v) is 18.9. The molecule has 3 fully saturated rings. The molecule has 6 rings (SSSR count). The molecule has 2 aliphatic carbocycles. The second-order valence-corrected chi connectivity index (χ2v) is 14.3. The Morgan fingerprint density at radius 1 is 0.929 bits per heavy atom. The molecule has 2 atom stereocenters. The number of amides is 8. The average Bonchev–Trinajstić information content (AvgIpc) is 3.46. The first kappa shape index (κ1) is 39.5. The number of carbonyl (C=O) groups excluding carboxylic acids is 6. The SMILES string of the molecule is CNC(=O)C1CCC(CNC(=O)N/N=C/[C@H](CC(=O)O)NC(=O)[C@@H]2CCCN3C(=O)CCN(NC(=O)OCC4c5ccccc5-c5ccccc54)C(=O)N23)CC1.